The van der Waals surface area contributed by atoms with E-state index in [-0.39, 0.29) is 11.7 Å². The van der Waals surface area contributed by atoms with E-state index >= 15 is 0 Å². The fourth-order valence-corrected chi connectivity index (χ4v) is 1.79. The number of methoxy groups -OCH3 is 1. The summed E-state index contributed by atoms with van der Waals surface area (Å²) in [5.41, 5.74) is 0.966. The van der Waals surface area contributed by atoms with Crippen LogP contribution in [0.1, 0.15) is 16.1 Å². The number of furan rings is 1. The van der Waals surface area contributed by atoms with Crippen molar-refractivity contribution in [1.82, 2.24) is 5.32 Å². The second-order valence-corrected chi connectivity index (χ2v) is 4.42. The van der Waals surface area contributed by atoms with Crippen molar-refractivity contribution in [3.8, 4) is 5.75 Å². The van der Waals surface area contributed by atoms with Crippen LogP contribution in [0.4, 0.5) is 0 Å². The maximum atomic E-state index is 11.7. The molecule has 18 heavy (non-hydrogen) atoms. The van der Waals surface area contributed by atoms with Crippen LogP contribution in [0.5, 0.6) is 5.75 Å². The van der Waals surface area contributed by atoms with Crippen LogP contribution in [0, 0.1) is 0 Å². The van der Waals surface area contributed by atoms with Gasteiger partial charge in [-0.2, -0.15) is 0 Å². The summed E-state index contributed by atoms with van der Waals surface area (Å²) in [6.07, 6.45) is 0. The second kappa shape index (κ2) is 5.73. The van der Waals surface area contributed by atoms with E-state index in [9.17, 15) is 4.79 Å². The van der Waals surface area contributed by atoms with Gasteiger partial charge < -0.3 is 14.5 Å². The lowest BCUT2D eigenvalue weighted by Gasteiger charge is -2.05. The Morgan fingerprint density at radius 1 is 1.39 bits per heavy atom. The van der Waals surface area contributed by atoms with Crippen LogP contribution < -0.4 is 10.1 Å². The highest BCUT2D eigenvalue weighted by molar-refractivity contribution is 9.10. The highest BCUT2D eigenvalue weighted by atomic mass is 79.9. The van der Waals surface area contributed by atoms with Gasteiger partial charge in [0.2, 0.25) is 0 Å². The zero-order valence-electron chi connectivity index (χ0n) is 9.77. The predicted octanol–water partition coefficient (Wildman–Crippen LogP) is 2.98. The van der Waals surface area contributed by atoms with Crippen LogP contribution >= 0.6 is 15.9 Å². The lowest BCUT2D eigenvalue weighted by Crippen LogP contribution is -2.22. The molecule has 0 atom stereocenters. The molecule has 5 heteroatoms. The van der Waals surface area contributed by atoms with Gasteiger partial charge in [0.1, 0.15) is 5.75 Å². The normalized spacial score (nSPS) is 10.1. The Labute approximate surface area is 113 Å². The van der Waals surface area contributed by atoms with Crippen LogP contribution in [-0.2, 0) is 6.54 Å². The van der Waals surface area contributed by atoms with Gasteiger partial charge in [0.05, 0.1) is 7.11 Å². The van der Waals surface area contributed by atoms with E-state index in [1.807, 2.05) is 24.3 Å². The fraction of sp³-hybridized carbons (Fsp3) is 0.154. The van der Waals surface area contributed by atoms with E-state index in [4.69, 9.17) is 9.15 Å². The lowest BCUT2D eigenvalue weighted by molar-refractivity contribution is 0.0922. The maximum Gasteiger partial charge on any atom is 0.287 e. The highest BCUT2D eigenvalue weighted by Crippen LogP contribution is 2.15. The van der Waals surface area contributed by atoms with Crippen LogP contribution in [0.3, 0.4) is 0 Å². The third-order valence-electron chi connectivity index (χ3n) is 2.38. The Balaban J connectivity index is 1.97. The van der Waals surface area contributed by atoms with E-state index in [2.05, 4.69) is 21.2 Å². The number of carbonyl (C=O) groups is 1. The summed E-state index contributed by atoms with van der Waals surface area (Å²) < 4.78 is 10.8. The zero-order valence-corrected chi connectivity index (χ0v) is 11.4. The van der Waals surface area contributed by atoms with E-state index in [1.54, 1.807) is 19.2 Å². The summed E-state index contributed by atoms with van der Waals surface area (Å²) in [6, 6.07) is 10.8. The minimum atomic E-state index is -0.247. The molecule has 4 nitrogen and oxygen atoms in total. The Morgan fingerprint density at radius 2 is 2.22 bits per heavy atom. The molecule has 2 rings (SSSR count). The van der Waals surface area contributed by atoms with Gasteiger partial charge in [-0.1, -0.05) is 12.1 Å². The van der Waals surface area contributed by atoms with E-state index < -0.39 is 0 Å². The van der Waals surface area contributed by atoms with Crippen LogP contribution in [0.25, 0.3) is 0 Å². The number of halogens is 1. The Bertz CT molecular complexity index is 551. The molecule has 1 amide bonds. The Kier molecular flexibility index (Phi) is 4.04. The van der Waals surface area contributed by atoms with Gasteiger partial charge in [0.25, 0.3) is 5.91 Å². The van der Waals surface area contributed by atoms with Gasteiger partial charge in [0, 0.05) is 6.54 Å². The summed E-state index contributed by atoms with van der Waals surface area (Å²) in [5, 5.41) is 2.77. The average molecular weight is 310 g/mol. The topological polar surface area (TPSA) is 51.5 Å². The number of ether oxygens (including phenoxy) is 1. The molecule has 0 saturated carbocycles. The van der Waals surface area contributed by atoms with Gasteiger partial charge in [-0.3, -0.25) is 4.79 Å². The van der Waals surface area contributed by atoms with Crippen molar-refractivity contribution in [3.05, 3.63) is 52.4 Å². The standard InChI is InChI=1S/C13H12BrNO3/c1-17-10-4-2-3-9(7-10)8-15-13(16)11-5-6-12(14)18-11/h2-7H,8H2,1H3,(H,15,16). The number of carbonyl (C=O) groups excluding carboxylic acids is 1. The van der Waals surface area contributed by atoms with Crippen molar-refractivity contribution in [1.29, 1.82) is 0 Å². The molecular formula is C13H12BrNO3. The molecule has 2 aromatic rings. The molecule has 94 valence electrons. The van der Waals surface area contributed by atoms with Gasteiger partial charge in [0.15, 0.2) is 10.4 Å². The number of amides is 1. The average Bonchev–Trinajstić information content (AvgIpc) is 2.83. The largest absolute Gasteiger partial charge is 0.497 e. The van der Waals surface area contributed by atoms with Crippen molar-refractivity contribution in [3.63, 3.8) is 0 Å². The van der Waals surface area contributed by atoms with Crippen molar-refractivity contribution >= 4 is 21.8 Å². The second-order valence-electron chi connectivity index (χ2n) is 3.64. The predicted molar refractivity (Wildman–Crippen MR) is 70.6 cm³/mol. The molecule has 1 aromatic carbocycles. The molecule has 1 aromatic heterocycles. The van der Waals surface area contributed by atoms with Crippen LogP contribution in [0.15, 0.2) is 45.5 Å². The minimum absolute atomic E-state index is 0.247. The summed E-state index contributed by atoms with van der Waals surface area (Å²) in [4.78, 5) is 11.7. The third-order valence-corrected chi connectivity index (χ3v) is 2.81. The monoisotopic (exact) mass is 309 g/mol. The number of rotatable bonds is 4. The quantitative estimate of drug-likeness (QED) is 0.944. The lowest BCUT2D eigenvalue weighted by atomic mass is 10.2. The zero-order chi connectivity index (χ0) is 13.0. The molecule has 1 heterocycles. The van der Waals surface area contributed by atoms with E-state index in [0.717, 1.165) is 11.3 Å². The molecular weight excluding hydrogens is 298 g/mol. The molecule has 0 bridgehead atoms. The van der Waals surface area contributed by atoms with E-state index in [0.29, 0.717) is 11.2 Å². The summed E-state index contributed by atoms with van der Waals surface area (Å²) in [7, 11) is 1.61. The van der Waals surface area contributed by atoms with E-state index in [1.165, 1.54) is 0 Å². The van der Waals surface area contributed by atoms with Crippen molar-refractivity contribution in [2.24, 2.45) is 0 Å². The van der Waals surface area contributed by atoms with Crippen LogP contribution in [-0.4, -0.2) is 13.0 Å². The number of benzene rings is 1. The first-order valence-corrected chi connectivity index (χ1v) is 6.15. The molecule has 0 fully saturated rings. The SMILES string of the molecule is COc1cccc(CNC(=O)c2ccc(Br)o2)c1. The Morgan fingerprint density at radius 3 is 2.89 bits per heavy atom. The third kappa shape index (κ3) is 3.13. The Hall–Kier alpha value is -1.75. The maximum absolute atomic E-state index is 11.7. The molecule has 0 aliphatic carbocycles. The highest BCUT2D eigenvalue weighted by Gasteiger charge is 2.09. The minimum Gasteiger partial charge on any atom is -0.497 e. The van der Waals surface area contributed by atoms with Crippen LogP contribution in [0.2, 0.25) is 0 Å². The molecule has 0 saturated heterocycles. The molecule has 0 unspecified atom stereocenters. The molecule has 0 aliphatic rings. The summed E-state index contributed by atoms with van der Waals surface area (Å²) in [5.74, 6) is 0.802. The van der Waals surface area contributed by atoms with Gasteiger partial charge in [-0.25, -0.2) is 0 Å². The summed E-state index contributed by atoms with van der Waals surface area (Å²) in [6.45, 7) is 0.425. The molecule has 0 spiro atoms. The van der Waals surface area contributed by atoms with Gasteiger partial charge in [-0.05, 0) is 45.8 Å². The number of nitrogens with one attached hydrogen (secondary N) is 1. The number of hydrogen-bond donors (Lipinski definition) is 1. The van der Waals surface area contributed by atoms with Crippen molar-refractivity contribution in [2.45, 2.75) is 6.54 Å². The van der Waals surface area contributed by atoms with Crippen molar-refractivity contribution in [2.75, 3.05) is 7.11 Å². The fourth-order valence-electron chi connectivity index (χ4n) is 1.49. The summed E-state index contributed by atoms with van der Waals surface area (Å²) >= 11 is 3.15. The van der Waals surface area contributed by atoms with Crippen molar-refractivity contribution < 1.29 is 13.9 Å². The molecule has 0 aliphatic heterocycles. The van der Waals surface area contributed by atoms with Gasteiger partial charge in [-0.15, -0.1) is 0 Å². The smallest absolute Gasteiger partial charge is 0.287 e. The molecule has 1 N–H and O–H groups in total. The first-order valence-electron chi connectivity index (χ1n) is 5.35. The van der Waals surface area contributed by atoms with Gasteiger partial charge >= 0.3 is 0 Å². The first kappa shape index (κ1) is 12.7. The number of hydrogen-bond acceptors (Lipinski definition) is 3. The molecule has 0 radical (unpaired) electrons. The first-order chi connectivity index (χ1) is 8.69.